The minimum absolute atomic E-state index is 0.0378. The van der Waals surface area contributed by atoms with E-state index in [1.54, 1.807) is 11.0 Å². The highest BCUT2D eigenvalue weighted by Gasteiger charge is 2.31. The summed E-state index contributed by atoms with van der Waals surface area (Å²) in [5.74, 6) is -0.0737. The zero-order valence-corrected chi connectivity index (χ0v) is 13.2. The van der Waals surface area contributed by atoms with Crippen molar-refractivity contribution < 1.29 is 14.3 Å². The van der Waals surface area contributed by atoms with Crippen molar-refractivity contribution >= 4 is 11.6 Å². The fourth-order valence-corrected chi connectivity index (χ4v) is 3.08. The predicted octanol–water partition coefficient (Wildman–Crippen LogP) is 2.64. The van der Waals surface area contributed by atoms with Gasteiger partial charge < -0.3 is 14.4 Å². The van der Waals surface area contributed by atoms with Gasteiger partial charge in [-0.25, -0.2) is 0 Å². The van der Waals surface area contributed by atoms with Crippen LogP contribution >= 0.6 is 0 Å². The molecule has 1 heterocycles. The quantitative estimate of drug-likeness (QED) is 0.810. The molecule has 5 nitrogen and oxygen atoms in total. The van der Waals surface area contributed by atoms with Crippen LogP contribution in [0, 0.1) is 11.3 Å². The molecule has 0 N–H and O–H groups in total. The minimum atomic E-state index is -0.0737. The summed E-state index contributed by atoms with van der Waals surface area (Å²) in [5, 5.41) is 9.31. The highest BCUT2D eigenvalue weighted by atomic mass is 16.5. The van der Waals surface area contributed by atoms with E-state index in [-0.39, 0.29) is 24.7 Å². The molecule has 3 rings (SSSR count). The molecular weight excluding hydrogens is 292 g/mol. The second-order valence-electron chi connectivity index (χ2n) is 6.13. The number of amides is 1. The number of nitrogens with zero attached hydrogens (tertiary/aromatic N) is 2. The van der Waals surface area contributed by atoms with Crippen LogP contribution in [-0.4, -0.2) is 37.9 Å². The van der Waals surface area contributed by atoms with Gasteiger partial charge in [0.15, 0.2) is 0 Å². The summed E-state index contributed by atoms with van der Waals surface area (Å²) in [6, 6.07) is 9.64. The molecule has 5 heteroatoms. The van der Waals surface area contributed by atoms with Crippen molar-refractivity contribution in [2.45, 2.75) is 44.2 Å². The number of benzene rings is 1. The predicted molar refractivity (Wildman–Crippen MR) is 86.1 cm³/mol. The fourth-order valence-electron chi connectivity index (χ4n) is 3.08. The van der Waals surface area contributed by atoms with Crippen LogP contribution in [0.5, 0.6) is 0 Å². The lowest BCUT2D eigenvalue weighted by molar-refractivity contribution is -0.125. The van der Waals surface area contributed by atoms with Gasteiger partial charge in [0.05, 0.1) is 24.0 Å². The van der Waals surface area contributed by atoms with Gasteiger partial charge in [-0.15, -0.1) is 0 Å². The van der Waals surface area contributed by atoms with Gasteiger partial charge in [0.2, 0.25) is 0 Å². The Morgan fingerprint density at radius 3 is 2.78 bits per heavy atom. The van der Waals surface area contributed by atoms with Crippen LogP contribution in [-0.2, 0) is 14.3 Å². The summed E-state index contributed by atoms with van der Waals surface area (Å²) < 4.78 is 11.1. The second-order valence-corrected chi connectivity index (χ2v) is 6.13. The molecule has 23 heavy (non-hydrogen) atoms. The first-order valence-corrected chi connectivity index (χ1v) is 8.30. The molecule has 1 aromatic rings. The van der Waals surface area contributed by atoms with Crippen LogP contribution in [0.15, 0.2) is 24.3 Å². The monoisotopic (exact) mass is 314 g/mol. The first-order valence-electron chi connectivity index (χ1n) is 8.30. The smallest absolute Gasteiger partial charge is 0.253 e. The Kier molecular flexibility index (Phi) is 5.27. The van der Waals surface area contributed by atoms with Gasteiger partial charge in [0, 0.05) is 12.6 Å². The van der Waals surface area contributed by atoms with Crippen molar-refractivity contribution in [1.82, 2.24) is 0 Å². The molecule has 2 aliphatic rings. The Morgan fingerprint density at radius 2 is 2.13 bits per heavy atom. The Hall–Kier alpha value is -1.90. The summed E-state index contributed by atoms with van der Waals surface area (Å²) in [5.41, 5.74) is 1.23. The highest BCUT2D eigenvalue weighted by molar-refractivity contribution is 5.96. The van der Waals surface area contributed by atoms with Gasteiger partial charge >= 0.3 is 0 Å². The first kappa shape index (κ1) is 16.0. The van der Waals surface area contributed by atoms with E-state index in [1.807, 2.05) is 18.2 Å². The topological polar surface area (TPSA) is 62.6 Å². The van der Waals surface area contributed by atoms with Crippen LogP contribution in [0.3, 0.4) is 0 Å². The van der Waals surface area contributed by atoms with E-state index in [2.05, 4.69) is 6.07 Å². The molecule has 0 spiro atoms. The third kappa shape index (κ3) is 3.72. The maximum absolute atomic E-state index is 12.7. The average molecular weight is 314 g/mol. The standard InChI is InChI=1S/C18H22N2O3/c19-11-14-5-1-2-9-17(14)20(15-6-3-7-15)18(21)13-22-12-16-8-4-10-23-16/h1-2,5,9,15-16H,3-4,6-8,10,12-13H2. The van der Waals surface area contributed by atoms with Crippen molar-refractivity contribution in [2.75, 3.05) is 24.7 Å². The summed E-state index contributed by atoms with van der Waals surface area (Å²) in [7, 11) is 0. The summed E-state index contributed by atoms with van der Waals surface area (Å²) >= 11 is 0. The van der Waals surface area contributed by atoms with Crippen LogP contribution in [0.25, 0.3) is 0 Å². The van der Waals surface area contributed by atoms with Gasteiger partial charge in [-0.2, -0.15) is 5.26 Å². The number of anilines is 1. The maximum Gasteiger partial charge on any atom is 0.253 e. The Morgan fingerprint density at radius 1 is 1.30 bits per heavy atom. The van der Waals surface area contributed by atoms with Gasteiger partial charge in [0.1, 0.15) is 12.7 Å². The second kappa shape index (κ2) is 7.58. The minimum Gasteiger partial charge on any atom is -0.376 e. The van der Waals surface area contributed by atoms with Crippen LogP contribution in [0.4, 0.5) is 5.69 Å². The van der Waals surface area contributed by atoms with E-state index in [4.69, 9.17) is 9.47 Å². The van der Waals surface area contributed by atoms with E-state index >= 15 is 0 Å². The Bertz CT molecular complexity index is 586. The molecule has 1 atom stereocenters. The lowest BCUT2D eigenvalue weighted by Gasteiger charge is -2.38. The van der Waals surface area contributed by atoms with Crippen molar-refractivity contribution in [3.63, 3.8) is 0 Å². The molecule has 1 amide bonds. The molecule has 0 aromatic heterocycles. The van der Waals surface area contributed by atoms with Crippen LogP contribution in [0.2, 0.25) is 0 Å². The van der Waals surface area contributed by atoms with E-state index < -0.39 is 0 Å². The fraction of sp³-hybridized carbons (Fsp3) is 0.556. The lowest BCUT2D eigenvalue weighted by atomic mass is 9.90. The van der Waals surface area contributed by atoms with Crippen molar-refractivity contribution in [3.8, 4) is 6.07 Å². The molecule has 1 aliphatic carbocycles. The zero-order chi connectivity index (χ0) is 16.1. The molecule has 0 bridgehead atoms. The van der Waals surface area contributed by atoms with Gasteiger partial charge in [-0.3, -0.25) is 4.79 Å². The molecular formula is C18H22N2O3. The average Bonchev–Trinajstić information content (AvgIpc) is 3.04. The Labute approximate surface area is 136 Å². The number of para-hydroxylation sites is 1. The number of carbonyl (C=O) groups excluding carboxylic acids is 1. The van der Waals surface area contributed by atoms with Crippen molar-refractivity contribution in [1.29, 1.82) is 5.26 Å². The van der Waals surface area contributed by atoms with Crippen molar-refractivity contribution in [3.05, 3.63) is 29.8 Å². The van der Waals surface area contributed by atoms with E-state index in [9.17, 15) is 10.1 Å². The van der Waals surface area contributed by atoms with Gasteiger partial charge in [-0.1, -0.05) is 12.1 Å². The molecule has 1 aromatic carbocycles. The summed E-state index contributed by atoms with van der Waals surface area (Å²) in [6.07, 6.45) is 5.27. The lowest BCUT2D eigenvalue weighted by Crippen LogP contribution is -2.46. The molecule has 1 aliphatic heterocycles. The Balaban J connectivity index is 1.66. The zero-order valence-electron chi connectivity index (χ0n) is 13.2. The number of nitriles is 1. The number of carbonyl (C=O) groups is 1. The summed E-state index contributed by atoms with van der Waals surface area (Å²) in [4.78, 5) is 14.4. The molecule has 1 unspecified atom stereocenters. The highest BCUT2D eigenvalue weighted by Crippen LogP contribution is 2.31. The molecule has 1 saturated heterocycles. The number of rotatable bonds is 6. The normalized spacial score (nSPS) is 20.7. The van der Waals surface area contributed by atoms with Crippen LogP contribution < -0.4 is 4.90 Å². The summed E-state index contributed by atoms with van der Waals surface area (Å²) in [6.45, 7) is 1.28. The number of hydrogen-bond acceptors (Lipinski definition) is 4. The van der Waals surface area contributed by atoms with E-state index in [0.29, 0.717) is 17.9 Å². The third-order valence-corrected chi connectivity index (χ3v) is 4.55. The SMILES string of the molecule is N#Cc1ccccc1N(C(=O)COCC1CCCO1)C1CCC1. The van der Waals surface area contributed by atoms with Crippen LogP contribution in [0.1, 0.15) is 37.7 Å². The molecule has 122 valence electrons. The van der Waals surface area contributed by atoms with E-state index in [1.165, 1.54) is 0 Å². The third-order valence-electron chi connectivity index (χ3n) is 4.55. The maximum atomic E-state index is 12.7. The van der Waals surface area contributed by atoms with Crippen molar-refractivity contribution in [2.24, 2.45) is 0 Å². The molecule has 1 saturated carbocycles. The number of ether oxygens (including phenoxy) is 2. The van der Waals surface area contributed by atoms with E-state index in [0.717, 1.165) is 38.7 Å². The number of hydrogen-bond donors (Lipinski definition) is 0. The van der Waals surface area contributed by atoms with Gasteiger partial charge in [-0.05, 0) is 44.2 Å². The molecule has 0 radical (unpaired) electrons. The largest absolute Gasteiger partial charge is 0.376 e. The first-order chi connectivity index (χ1) is 11.3. The van der Waals surface area contributed by atoms with Gasteiger partial charge in [0.25, 0.3) is 5.91 Å². The molecule has 2 fully saturated rings.